The number of anilines is 1. The zero-order chi connectivity index (χ0) is 14.6. The van der Waals surface area contributed by atoms with Gasteiger partial charge in [-0.3, -0.25) is 4.90 Å². The molecule has 20 heavy (non-hydrogen) atoms. The first-order valence-corrected chi connectivity index (χ1v) is 9.60. The minimum Gasteiger partial charge on any atom is -0.373 e. The van der Waals surface area contributed by atoms with Crippen molar-refractivity contribution in [3.8, 4) is 0 Å². The van der Waals surface area contributed by atoms with Gasteiger partial charge in [-0.1, -0.05) is 13.0 Å². The van der Waals surface area contributed by atoms with Crippen molar-refractivity contribution in [2.75, 3.05) is 36.2 Å². The summed E-state index contributed by atoms with van der Waals surface area (Å²) in [5.74, 6) is 2.67. The van der Waals surface area contributed by atoms with E-state index in [1.54, 1.807) is 18.7 Å². The van der Waals surface area contributed by atoms with Gasteiger partial charge in [0.1, 0.15) is 11.2 Å². The van der Waals surface area contributed by atoms with E-state index < -0.39 is 9.84 Å². The highest BCUT2D eigenvalue weighted by atomic mass is 32.2. The molecule has 0 amide bonds. The second kappa shape index (κ2) is 6.78. The van der Waals surface area contributed by atoms with Crippen LogP contribution in [0.2, 0.25) is 0 Å². The van der Waals surface area contributed by atoms with Crippen LogP contribution < -0.4 is 5.32 Å². The third-order valence-electron chi connectivity index (χ3n) is 3.47. The van der Waals surface area contributed by atoms with Crippen molar-refractivity contribution < 1.29 is 8.42 Å². The first-order valence-electron chi connectivity index (χ1n) is 6.73. The van der Waals surface area contributed by atoms with E-state index in [-0.39, 0.29) is 11.1 Å². The van der Waals surface area contributed by atoms with Crippen molar-refractivity contribution in [1.29, 1.82) is 0 Å². The zero-order valence-electron chi connectivity index (χ0n) is 11.9. The molecule has 7 heteroatoms. The lowest BCUT2D eigenvalue weighted by atomic mass is 10.2. The molecule has 1 unspecified atom stereocenters. The predicted octanol–water partition coefficient (Wildman–Crippen LogP) is 1.43. The summed E-state index contributed by atoms with van der Waals surface area (Å²) in [5.41, 5.74) is 1.05. The Labute approximate surface area is 125 Å². The molecule has 2 heterocycles. The summed E-state index contributed by atoms with van der Waals surface area (Å²) in [6, 6.07) is 3.91. The van der Waals surface area contributed by atoms with Gasteiger partial charge in [0, 0.05) is 43.6 Å². The third kappa shape index (κ3) is 3.65. The highest BCUT2D eigenvalue weighted by Gasteiger charge is 2.32. The van der Waals surface area contributed by atoms with Crippen LogP contribution in [0.4, 0.5) is 5.82 Å². The summed E-state index contributed by atoms with van der Waals surface area (Å²) < 4.78 is 24.3. The molecule has 1 atom stereocenters. The SMILES string of the molecule is CCS(=O)(=O)C1CSCCN1Cc1ccc(NC)nc1. The van der Waals surface area contributed by atoms with Crippen molar-refractivity contribution in [3.05, 3.63) is 23.9 Å². The number of pyridine rings is 1. The fourth-order valence-electron chi connectivity index (χ4n) is 2.22. The van der Waals surface area contributed by atoms with Crippen LogP contribution >= 0.6 is 11.8 Å². The summed E-state index contributed by atoms with van der Waals surface area (Å²) in [6.07, 6.45) is 1.81. The van der Waals surface area contributed by atoms with Gasteiger partial charge in [0.25, 0.3) is 0 Å². The van der Waals surface area contributed by atoms with Crippen molar-refractivity contribution in [2.24, 2.45) is 0 Å². The lowest BCUT2D eigenvalue weighted by Gasteiger charge is -2.34. The predicted molar refractivity (Wildman–Crippen MR) is 84.8 cm³/mol. The first kappa shape index (κ1) is 15.6. The number of rotatable bonds is 5. The first-order chi connectivity index (χ1) is 9.56. The maximum atomic E-state index is 12.2. The molecule has 0 aromatic carbocycles. The normalized spacial score (nSPS) is 20.8. The topological polar surface area (TPSA) is 62.3 Å². The van der Waals surface area contributed by atoms with Crippen molar-refractivity contribution >= 4 is 27.4 Å². The van der Waals surface area contributed by atoms with E-state index >= 15 is 0 Å². The Kier molecular flexibility index (Phi) is 5.29. The Morgan fingerprint density at radius 2 is 2.30 bits per heavy atom. The molecular weight excluding hydrogens is 294 g/mol. The summed E-state index contributed by atoms with van der Waals surface area (Å²) >= 11 is 1.72. The molecule has 1 aliphatic heterocycles. The smallest absolute Gasteiger partial charge is 0.166 e. The van der Waals surface area contributed by atoms with E-state index in [1.165, 1.54) is 0 Å². The van der Waals surface area contributed by atoms with E-state index in [4.69, 9.17) is 0 Å². The number of hydrogen-bond acceptors (Lipinski definition) is 6. The van der Waals surface area contributed by atoms with Crippen LogP contribution in [-0.2, 0) is 16.4 Å². The van der Waals surface area contributed by atoms with Gasteiger partial charge in [-0.25, -0.2) is 13.4 Å². The molecule has 0 radical (unpaired) electrons. The van der Waals surface area contributed by atoms with Gasteiger partial charge in [-0.2, -0.15) is 11.8 Å². The summed E-state index contributed by atoms with van der Waals surface area (Å²) in [4.78, 5) is 6.34. The lowest BCUT2D eigenvalue weighted by molar-refractivity contribution is 0.261. The molecule has 1 fully saturated rings. The summed E-state index contributed by atoms with van der Waals surface area (Å²) in [6.45, 7) is 3.17. The Balaban J connectivity index is 2.12. The average Bonchev–Trinajstić information content (AvgIpc) is 2.48. The van der Waals surface area contributed by atoms with Gasteiger partial charge in [-0.15, -0.1) is 0 Å². The number of nitrogens with one attached hydrogen (secondary N) is 1. The largest absolute Gasteiger partial charge is 0.373 e. The molecule has 0 bridgehead atoms. The average molecular weight is 315 g/mol. The second-order valence-corrected chi connectivity index (χ2v) is 8.35. The van der Waals surface area contributed by atoms with Gasteiger partial charge in [0.15, 0.2) is 9.84 Å². The van der Waals surface area contributed by atoms with E-state index in [1.807, 2.05) is 25.4 Å². The minimum atomic E-state index is -3.03. The quantitative estimate of drug-likeness (QED) is 0.887. The van der Waals surface area contributed by atoms with Crippen LogP contribution in [0.5, 0.6) is 0 Å². The van der Waals surface area contributed by atoms with Crippen LogP contribution in [0.3, 0.4) is 0 Å². The molecule has 1 aromatic heterocycles. The van der Waals surface area contributed by atoms with Gasteiger partial charge in [0.05, 0.1) is 0 Å². The molecule has 112 valence electrons. The number of thioether (sulfide) groups is 1. The van der Waals surface area contributed by atoms with Crippen LogP contribution in [0.15, 0.2) is 18.3 Å². The highest BCUT2D eigenvalue weighted by Crippen LogP contribution is 2.23. The van der Waals surface area contributed by atoms with Gasteiger partial charge < -0.3 is 5.32 Å². The second-order valence-electron chi connectivity index (χ2n) is 4.75. The van der Waals surface area contributed by atoms with Crippen molar-refractivity contribution in [2.45, 2.75) is 18.8 Å². The standard InChI is InChI=1S/C13H21N3O2S2/c1-3-20(17,18)13-10-19-7-6-16(13)9-11-4-5-12(14-2)15-8-11/h4-5,8,13H,3,6-7,9-10H2,1-2H3,(H,14,15). The van der Waals surface area contributed by atoms with Gasteiger partial charge in [0.2, 0.25) is 0 Å². The van der Waals surface area contributed by atoms with Crippen LogP contribution in [-0.4, -0.2) is 54.5 Å². The highest BCUT2D eigenvalue weighted by molar-refractivity contribution is 8.01. The van der Waals surface area contributed by atoms with Crippen LogP contribution in [0.25, 0.3) is 0 Å². The van der Waals surface area contributed by atoms with Crippen molar-refractivity contribution in [3.63, 3.8) is 0 Å². The maximum Gasteiger partial charge on any atom is 0.166 e. The third-order valence-corrected chi connectivity index (χ3v) is 6.81. The van der Waals surface area contributed by atoms with Crippen LogP contribution in [0, 0.1) is 0 Å². The van der Waals surface area contributed by atoms with E-state index in [2.05, 4.69) is 15.2 Å². The molecule has 2 rings (SSSR count). The van der Waals surface area contributed by atoms with E-state index in [0.29, 0.717) is 12.3 Å². The number of nitrogens with zero attached hydrogens (tertiary/aromatic N) is 2. The fraction of sp³-hybridized carbons (Fsp3) is 0.615. The summed E-state index contributed by atoms with van der Waals surface area (Å²) in [7, 11) is -1.20. The van der Waals surface area contributed by atoms with Gasteiger partial charge >= 0.3 is 0 Å². The Morgan fingerprint density at radius 3 is 2.90 bits per heavy atom. The number of sulfone groups is 1. The molecule has 1 saturated heterocycles. The fourth-order valence-corrected chi connectivity index (χ4v) is 5.30. The Morgan fingerprint density at radius 1 is 1.50 bits per heavy atom. The molecule has 0 aliphatic carbocycles. The Hall–Kier alpha value is -0.790. The van der Waals surface area contributed by atoms with E-state index in [0.717, 1.165) is 23.7 Å². The molecule has 1 aliphatic rings. The lowest BCUT2D eigenvalue weighted by Crippen LogP contribution is -2.47. The van der Waals surface area contributed by atoms with Crippen LogP contribution in [0.1, 0.15) is 12.5 Å². The molecule has 0 saturated carbocycles. The molecule has 5 nitrogen and oxygen atoms in total. The molecular formula is C13H21N3O2S2. The molecule has 1 N–H and O–H groups in total. The summed E-state index contributed by atoms with van der Waals surface area (Å²) in [5, 5.41) is 2.61. The molecule has 1 aromatic rings. The maximum absolute atomic E-state index is 12.2. The Bertz CT molecular complexity index is 531. The molecule has 0 spiro atoms. The zero-order valence-corrected chi connectivity index (χ0v) is 13.5. The van der Waals surface area contributed by atoms with Crippen molar-refractivity contribution in [1.82, 2.24) is 9.88 Å². The number of aromatic nitrogens is 1. The number of hydrogen-bond donors (Lipinski definition) is 1. The monoisotopic (exact) mass is 315 g/mol. The van der Waals surface area contributed by atoms with Gasteiger partial charge in [-0.05, 0) is 11.6 Å². The van der Waals surface area contributed by atoms with E-state index in [9.17, 15) is 8.42 Å². The minimum absolute atomic E-state index is 0.200.